The van der Waals surface area contributed by atoms with Gasteiger partial charge in [-0.15, -0.1) is 0 Å². The highest BCUT2D eigenvalue weighted by molar-refractivity contribution is 5.98. The van der Waals surface area contributed by atoms with Crippen LogP contribution in [0.25, 0.3) is 0 Å². The van der Waals surface area contributed by atoms with Gasteiger partial charge >= 0.3 is 0 Å². The van der Waals surface area contributed by atoms with E-state index in [1.807, 2.05) is 47.9 Å². The number of carbonyl (C=O) groups excluding carboxylic acids is 1. The third-order valence-electron chi connectivity index (χ3n) is 5.23. The zero-order valence-corrected chi connectivity index (χ0v) is 15.6. The largest absolute Gasteiger partial charge is 0.365 e. The monoisotopic (exact) mass is 362 g/mol. The van der Waals surface area contributed by atoms with E-state index in [4.69, 9.17) is 4.74 Å². The van der Waals surface area contributed by atoms with Crippen LogP contribution < -0.4 is 9.80 Å². The van der Waals surface area contributed by atoms with Gasteiger partial charge in [-0.3, -0.25) is 4.79 Å². The van der Waals surface area contributed by atoms with E-state index in [9.17, 15) is 10.1 Å². The predicted octanol–water partition coefficient (Wildman–Crippen LogP) is 2.36. The van der Waals surface area contributed by atoms with Crippen LogP contribution in [0.1, 0.15) is 22.4 Å². The molecule has 0 radical (unpaired) electrons. The van der Waals surface area contributed by atoms with Gasteiger partial charge in [-0.1, -0.05) is 18.2 Å². The average Bonchev–Trinajstić information content (AvgIpc) is 3.11. The van der Waals surface area contributed by atoms with Gasteiger partial charge in [0.2, 0.25) is 0 Å². The summed E-state index contributed by atoms with van der Waals surface area (Å²) in [7, 11) is 0. The van der Waals surface area contributed by atoms with Gasteiger partial charge < -0.3 is 14.5 Å². The van der Waals surface area contributed by atoms with Crippen molar-refractivity contribution in [1.82, 2.24) is 4.98 Å². The molecule has 6 heteroatoms. The van der Waals surface area contributed by atoms with E-state index in [0.29, 0.717) is 37.6 Å². The summed E-state index contributed by atoms with van der Waals surface area (Å²) >= 11 is 0. The van der Waals surface area contributed by atoms with E-state index in [1.165, 1.54) is 5.56 Å². The fourth-order valence-corrected chi connectivity index (χ4v) is 3.92. The van der Waals surface area contributed by atoms with Crippen molar-refractivity contribution in [2.75, 3.05) is 36.0 Å². The second-order valence-corrected chi connectivity index (χ2v) is 7.06. The van der Waals surface area contributed by atoms with E-state index in [2.05, 4.69) is 17.1 Å². The molecule has 2 aliphatic heterocycles. The van der Waals surface area contributed by atoms with Crippen LogP contribution in [0, 0.1) is 25.2 Å². The van der Waals surface area contributed by atoms with Crippen LogP contribution in [0.15, 0.2) is 30.3 Å². The number of anilines is 2. The number of benzene rings is 1. The molecule has 3 heterocycles. The number of amides is 1. The highest BCUT2D eigenvalue weighted by Crippen LogP contribution is 2.29. The van der Waals surface area contributed by atoms with E-state index in [-0.39, 0.29) is 5.91 Å². The number of rotatable bonds is 2. The SMILES string of the molecule is Cc1cc(C)c(C#N)c(N2CCOC(C(=O)N3CCc4ccccc43)C2)n1. The van der Waals surface area contributed by atoms with Gasteiger partial charge in [0.1, 0.15) is 11.9 Å². The van der Waals surface area contributed by atoms with Crippen LogP contribution in [-0.2, 0) is 16.0 Å². The molecule has 1 amide bonds. The van der Waals surface area contributed by atoms with E-state index >= 15 is 0 Å². The maximum atomic E-state index is 13.1. The second kappa shape index (κ2) is 7.01. The molecule has 1 unspecified atom stereocenters. The van der Waals surface area contributed by atoms with Crippen LogP contribution >= 0.6 is 0 Å². The number of fused-ring (bicyclic) bond motifs is 1. The summed E-state index contributed by atoms with van der Waals surface area (Å²) in [6.07, 6.45) is 0.314. The topological polar surface area (TPSA) is 69.5 Å². The molecular formula is C21H22N4O2. The lowest BCUT2D eigenvalue weighted by molar-refractivity contribution is -0.130. The van der Waals surface area contributed by atoms with Crippen LogP contribution in [-0.4, -0.2) is 43.2 Å². The summed E-state index contributed by atoms with van der Waals surface area (Å²) in [5, 5.41) is 9.55. The molecule has 0 aliphatic carbocycles. The zero-order chi connectivity index (χ0) is 19.0. The lowest BCUT2D eigenvalue weighted by Crippen LogP contribution is -2.51. The van der Waals surface area contributed by atoms with Gasteiger partial charge in [0, 0.05) is 24.5 Å². The molecule has 0 saturated carbocycles. The van der Waals surface area contributed by atoms with Crippen molar-refractivity contribution in [2.45, 2.75) is 26.4 Å². The van der Waals surface area contributed by atoms with Crippen molar-refractivity contribution >= 4 is 17.4 Å². The average molecular weight is 362 g/mol. The molecular weight excluding hydrogens is 340 g/mol. The third-order valence-corrected chi connectivity index (χ3v) is 5.23. The predicted molar refractivity (Wildman–Crippen MR) is 103 cm³/mol. The Labute approximate surface area is 159 Å². The van der Waals surface area contributed by atoms with Gasteiger partial charge in [-0.05, 0) is 43.5 Å². The number of hydrogen-bond acceptors (Lipinski definition) is 5. The molecule has 1 aromatic heterocycles. The lowest BCUT2D eigenvalue weighted by Gasteiger charge is -2.35. The van der Waals surface area contributed by atoms with Crippen molar-refractivity contribution < 1.29 is 9.53 Å². The Kier molecular flexibility index (Phi) is 4.54. The highest BCUT2D eigenvalue weighted by Gasteiger charge is 2.34. The Balaban J connectivity index is 1.58. The normalized spacial score (nSPS) is 18.9. The first kappa shape index (κ1) is 17.5. The smallest absolute Gasteiger partial charge is 0.257 e. The van der Waals surface area contributed by atoms with Gasteiger partial charge in [-0.2, -0.15) is 5.26 Å². The quantitative estimate of drug-likeness (QED) is 0.820. The highest BCUT2D eigenvalue weighted by atomic mass is 16.5. The van der Waals surface area contributed by atoms with Crippen LogP contribution in [0.2, 0.25) is 0 Å². The van der Waals surface area contributed by atoms with Gasteiger partial charge in [0.15, 0.2) is 6.10 Å². The Morgan fingerprint density at radius 2 is 2.11 bits per heavy atom. The van der Waals surface area contributed by atoms with Gasteiger partial charge in [-0.25, -0.2) is 4.98 Å². The number of para-hydroxylation sites is 1. The lowest BCUT2D eigenvalue weighted by atomic mass is 10.1. The maximum Gasteiger partial charge on any atom is 0.257 e. The second-order valence-electron chi connectivity index (χ2n) is 7.06. The van der Waals surface area contributed by atoms with Crippen LogP contribution in [0.4, 0.5) is 11.5 Å². The van der Waals surface area contributed by atoms with Crippen molar-refractivity contribution in [2.24, 2.45) is 0 Å². The molecule has 0 N–H and O–H groups in total. The first-order chi connectivity index (χ1) is 13.1. The first-order valence-electron chi connectivity index (χ1n) is 9.22. The van der Waals surface area contributed by atoms with Crippen molar-refractivity contribution in [3.05, 3.63) is 52.7 Å². The standard InChI is InChI=1S/C21H22N4O2/c1-14-11-15(2)23-20(17(14)12-22)24-9-10-27-19(13-24)21(26)25-8-7-16-5-3-4-6-18(16)25/h3-6,11,19H,7-10,13H2,1-2H3. The molecule has 2 aliphatic rings. The minimum Gasteiger partial charge on any atom is -0.365 e. The molecule has 27 heavy (non-hydrogen) atoms. The molecule has 2 aromatic rings. The number of nitriles is 1. The number of aromatic nitrogens is 1. The molecule has 0 spiro atoms. The van der Waals surface area contributed by atoms with Crippen LogP contribution in [0.3, 0.4) is 0 Å². The molecule has 1 atom stereocenters. The Bertz CT molecular complexity index is 934. The maximum absolute atomic E-state index is 13.1. The van der Waals surface area contributed by atoms with Gasteiger partial charge in [0.25, 0.3) is 5.91 Å². The first-order valence-corrected chi connectivity index (χ1v) is 9.22. The molecule has 6 nitrogen and oxygen atoms in total. The number of nitrogens with zero attached hydrogens (tertiary/aromatic N) is 4. The third kappa shape index (κ3) is 3.15. The fraction of sp³-hybridized carbons (Fsp3) is 0.381. The number of pyridine rings is 1. The van der Waals surface area contributed by atoms with E-state index < -0.39 is 6.10 Å². The summed E-state index contributed by atoms with van der Waals surface area (Å²) in [5.74, 6) is 0.630. The summed E-state index contributed by atoms with van der Waals surface area (Å²) in [6.45, 7) is 5.98. The number of hydrogen-bond donors (Lipinski definition) is 0. The molecule has 1 fully saturated rings. The number of morpholine rings is 1. The van der Waals surface area contributed by atoms with E-state index in [1.54, 1.807) is 0 Å². The minimum absolute atomic E-state index is 0.0208. The summed E-state index contributed by atoms with van der Waals surface area (Å²) < 4.78 is 5.81. The minimum atomic E-state index is -0.556. The van der Waals surface area contributed by atoms with Crippen molar-refractivity contribution in [3.63, 3.8) is 0 Å². The van der Waals surface area contributed by atoms with Crippen LogP contribution in [0.5, 0.6) is 0 Å². The summed E-state index contributed by atoms with van der Waals surface area (Å²) in [6, 6.07) is 12.2. The van der Waals surface area contributed by atoms with Crippen molar-refractivity contribution in [3.8, 4) is 6.07 Å². The molecule has 138 valence electrons. The zero-order valence-electron chi connectivity index (χ0n) is 15.6. The number of carbonyl (C=O) groups is 1. The molecule has 1 aromatic carbocycles. The molecule has 0 bridgehead atoms. The van der Waals surface area contributed by atoms with Crippen molar-refractivity contribution in [1.29, 1.82) is 5.26 Å². The molecule has 4 rings (SSSR count). The van der Waals surface area contributed by atoms with E-state index in [0.717, 1.165) is 23.4 Å². The molecule has 1 saturated heterocycles. The Morgan fingerprint density at radius 1 is 1.30 bits per heavy atom. The number of ether oxygens (including phenoxy) is 1. The summed E-state index contributed by atoms with van der Waals surface area (Å²) in [5.41, 5.74) is 4.51. The number of aryl methyl sites for hydroxylation is 2. The Hall–Kier alpha value is -2.91. The fourth-order valence-electron chi connectivity index (χ4n) is 3.92. The van der Waals surface area contributed by atoms with Gasteiger partial charge in [0.05, 0.1) is 18.7 Å². The summed E-state index contributed by atoms with van der Waals surface area (Å²) in [4.78, 5) is 21.5. The Morgan fingerprint density at radius 3 is 2.93 bits per heavy atom.